The molecule has 1 aliphatic rings. The summed E-state index contributed by atoms with van der Waals surface area (Å²) in [5.74, 6) is -0.694. The van der Waals surface area contributed by atoms with Gasteiger partial charge < -0.3 is 20.1 Å². The van der Waals surface area contributed by atoms with E-state index in [0.717, 1.165) is 37.9 Å². The minimum absolute atomic E-state index is 0.108. The van der Waals surface area contributed by atoms with Crippen LogP contribution in [0.2, 0.25) is 0 Å². The fourth-order valence-electron chi connectivity index (χ4n) is 3.58. The van der Waals surface area contributed by atoms with Crippen molar-refractivity contribution >= 4 is 27.7 Å². The molecule has 0 aliphatic carbocycles. The number of nitrogens with one attached hydrogen (secondary N) is 2. The number of allylic oxidation sites excluding steroid dienone is 1. The molecule has 1 aromatic heterocycles. The standard InChI is InChI=1S/C23H34N4O4S/c1-6-11-24-22(28)18(8-7-14-32(5,30)31)16-21-20(15-17(2)25-21)23(29)27(4)19-9-12-26(3)13-10-19/h6-8,11,15-16,19,25H,9-10,12-14H2,1-5H3,(H,24,28)/b8-7+,11-6+,18-16-. The Morgan fingerprint density at radius 1 is 1.31 bits per heavy atom. The Hall–Kier alpha value is -2.65. The average Bonchev–Trinajstić information content (AvgIpc) is 3.10. The van der Waals surface area contributed by atoms with E-state index >= 15 is 0 Å². The van der Waals surface area contributed by atoms with Crippen LogP contribution in [0.15, 0.2) is 36.1 Å². The smallest absolute Gasteiger partial charge is 0.256 e. The number of aryl methyl sites for hydroxylation is 1. The van der Waals surface area contributed by atoms with Gasteiger partial charge in [-0.05, 0) is 65.2 Å². The first kappa shape index (κ1) is 25.6. The third-order valence-corrected chi connectivity index (χ3v) is 6.21. The molecular weight excluding hydrogens is 428 g/mol. The summed E-state index contributed by atoms with van der Waals surface area (Å²) in [6.45, 7) is 5.51. The van der Waals surface area contributed by atoms with Crippen LogP contribution >= 0.6 is 0 Å². The van der Waals surface area contributed by atoms with Crippen molar-refractivity contribution in [2.24, 2.45) is 0 Å². The van der Waals surface area contributed by atoms with Crippen molar-refractivity contribution in [1.82, 2.24) is 20.1 Å². The molecule has 2 rings (SSSR count). The molecule has 0 spiro atoms. The lowest BCUT2D eigenvalue weighted by molar-refractivity contribution is -0.116. The Kier molecular flexibility index (Phi) is 9.03. The van der Waals surface area contributed by atoms with Crippen molar-refractivity contribution in [2.75, 3.05) is 39.2 Å². The van der Waals surface area contributed by atoms with E-state index in [1.165, 1.54) is 18.4 Å². The number of nitrogens with zero attached hydrogens (tertiary/aromatic N) is 2. The first-order valence-corrected chi connectivity index (χ1v) is 12.7. The maximum Gasteiger partial charge on any atom is 0.256 e. The molecule has 9 heteroatoms. The maximum atomic E-state index is 13.3. The number of aromatic nitrogens is 1. The minimum Gasteiger partial charge on any atom is -0.358 e. The molecule has 0 saturated carbocycles. The van der Waals surface area contributed by atoms with E-state index in [1.54, 1.807) is 30.0 Å². The molecule has 1 saturated heterocycles. The van der Waals surface area contributed by atoms with Crippen LogP contribution in [0.1, 0.15) is 41.5 Å². The molecule has 0 unspecified atom stereocenters. The molecule has 1 fully saturated rings. The third-order valence-electron chi connectivity index (χ3n) is 5.41. The molecule has 2 N–H and O–H groups in total. The molecular formula is C23H34N4O4S. The second-order valence-electron chi connectivity index (χ2n) is 8.30. The van der Waals surface area contributed by atoms with E-state index in [2.05, 4.69) is 22.2 Å². The fourth-order valence-corrected chi connectivity index (χ4v) is 4.02. The summed E-state index contributed by atoms with van der Waals surface area (Å²) in [6.07, 6.45) is 10.6. The second kappa shape index (κ2) is 11.3. The first-order valence-electron chi connectivity index (χ1n) is 10.6. The number of amides is 2. The summed E-state index contributed by atoms with van der Waals surface area (Å²) in [5.41, 5.74) is 2.04. The summed E-state index contributed by atoms with van der Waals surface area (Å²) in [6, 6.07) is 1.94. The molecule has 1 aliphatic heterocycles. The van der Waals surface area contributed by atoms with Gasteiger partial charge in [0.1, 0.15) is 0 Å². The monoisotopic (exact) mass is 462 g/mol. The number of rotatable bonds is 8. The van der Waals surface area contributed by atoms with Gasteiger partial charge in [-0.2, -0.15) is 0 Å². The van der Waals surface area contributed by atoms with Gasteiger partial charge in [0, 0.05) is 30.6 Å². The highest BCUT2D eigenvalue weighted by molar-refractivity contribution is 7.90. The Bertz CT molecular complexity index is 1010. The number of likely N-dealkylation sites (tertiary alicyclic amines) is 1. The van der Waals surface area contributed by atoms with Crippen molar-refractivity contribution in [1.29, 1.82) is 0 Å². The number of aromatic amines is 1. The first-order chi connectivity index (χ1) is 15.0. The molecule has 0 aromatic carbocycles. The van der Waals surface area contributed by atoms with Gasteiger partial charge in [0.25, 0.3) is 11.8 Å². The van der Waals surface area contributed by atoms with Crippen molar-refractivity contribution in [3.05, 3.63) is 53.0 Å². The van der Waals surface area contributed by atoms with E-state index in [0.29, 0.717) is 11.3 Å². The number of H-pyrrole nitrogens is 1. The lowest BCUT2D eigenvalue weighted by Crippen LogP contribution is -2.44. The van der Waals surface area contributed by atoms with Crippen LogP contribution in [0.4, 0.5) is 0 Å². The van der Waals surface area contributed by atoms with Gasteiger partial charge in [-0.25, -0.2) is 8.42 Å². The van der Waals surface area contributed by atoms with Gasteiger partial charge in [0.2, 0.25) is 0 Å². The molecule has 1 aromatic rings. The molecule has 0 radical (unpaired) electrons. The van der Waals surface area contributed by atoms with Gasteiger partial charge in [0.15, 0.2) is 9.84 Å². The Balaban J connectivity index is 2.36. The van der Waals surface area contributed by atoms with Crippen molar-refractivity contribution < 1.29 is 18.0 Å². The highest BCUT2D eigenvalue weighted by Gasteiger charge is 2.26. The number of piperidine rings is 1. The molecule has 0 bridgehead atoms. The second-order valence-corrected chi connectivity index (χ2v) is 10.5. The molecule has 8 nitrogen and oxygen atoms in total. The topological polar surface area (TPSA) is 103 Å². The van der Waals surface area contributed by atoms with Crippen LogP contribution in [-0.4, -0.2) is 80.3 Å². The van der Waals surface area contributed by atoms with Gasteiger partial charge in [-0.1, -0.05) is 18.2 Å². The van der Waals surface area contributed by atoms with Crippen LogP contribution in [0.5, 0.6) is 0 Å². The Morgan fingerprint density at radius 3 is 2.56 bits per heavy atom. The summed E-state index contributed by atoms with van der Waals surface area (Å²) in [5, 5.41) is 2.63. The number of sulfone groups is 1. The van der Waals surface area contributed by atoms with E-state index < -0.39 is 15.7 Å². The molecule has 176 valence electrons. The number of hydrogen-bond acceptors (Lipinski definition) is 5. The van der Waals surface area contributed by atoms with E-state index in [-0.39, 0.29) is 23.3 Å². The van der Waals surface area contributed by atoms with Gasteiger partial charge in [0.05, 0.1) is 17.0 Å². The van der Waals surface area contributed by atoms with Crippen LogP contribution < -0.4 is 5.32 Å². The van der Waals surface area contributed by atoms with Crippen molar-refractivity contribution in [3.8, 4) is 0 Å². The largest absolute Gasteiger partial charge is 0.358 e. The van der Waals surface area contributed by atoms with Crippen LogP contribution in [0, 0.1) is 6.92 Å². The third kappa shape index (κ3) is 7.49. The summed E-state index contributed by atoms with van der Waals surface area (Å²) in [7, 11) is 0.685. The highest BCUT2D eigenvalue weighted by atomic mass is 32.2. The number of carbonyl (C=O) groups is 2. The van der Waals surface area contributed by atoms with E-state index in [1.807, 2.05) is 14.0 Å². The van der Waals surface area contributed by atoms with E-state index in [4.69, 9.17) is 0 Å². The number of carbonyl (C=O) groups excluding carboxylic acids is 2. The lowest BCUT2D eigenvalue weighted by atomic mass is 10.0. The summed E-state index contributed by atoms with van der Waals surface area (Å²) in [4.78, 5) is 33.1. The average molecular weight is 463 g/mol. The predicted octanol–water partition coefficient (Wildman–Crippen LogP) is 2.12. The SMILES string of the molecule is C/C=C/NC(=O)C(=C\c1[nH]c(C)cc1C(=O)N(C)C1CCN(C)CC1)/C=C/CS(C)(=O)=O. The molecule has 0 atom stereocenters. The number of hydrogen-bond donors (Lipinski definition) is 2. The predicted molar refractivity (Wildman–Crippen MR) is 128 cm³/mol. The zero-order chi connectivity index (χ0) is 23.9. The van der Waals surface area contributed by atoms with E-state index in [9.17, 15) is 18.0 Å². The minimum atomic E-state index is -3.21. The normalized spacial score (nSPS) is 16.7. The maximum absolute atomic E-state index is 13.3. The quantitative estimate of drug-likeness (QED) is 0.455. The highest BCUT2D eigenvalue weighted by Crippen LogP contribution is 2.21. The Morgan fingerprint density at radius 2 is 1.97 bits per heavy atom. The van der Waals surface area contributed by atoms with Gasteiger partial charge in [-0.3, -0.25) is 9.59 Å². The Labute approximate surface area is 191 Å². The van der Waals surface area contributed by atoms with Crippen LogP contribution in [0.25, 0.3) is 6.08 Å². The zero-order valence-corrected chi connectivity index (χ0v) is 20.3. The zero-order valence-electron chi connectivity index (χ0n) is 19.5. The van der Waals surface area contributed by atoms with Crippen LogP contribution in [0.3, 0.4) is 0 Å². The summed E-state index contributed by atoms with van der Waals surface area (Å²) >= 11 is 0. The van der Waals surface area contributed by atoms with Crippen LogP contribution in [-0.2, 0) is 14.6 Å². The van der Waals surface area contributed by atoms with Gasteiger partial charge in [-0.15, -0.1) is 0 Å². The molecule has 32 heavy (non-hydrogen) atoms. The van der Waals surface area contributed by atoms with Gasteiger partial charge >= 0.3 is 0 Å². The lowest BCUT2D eigenvalue weighted by Gasteiger charge is -2.35. The molecule has 2 amide bonds. The molecule has 2 heterocycles. The van der Waals surface area contributed by atoms with Crippen molar-refractivity contribution in [3.63, 3.8) is 0 Å². The fraction of sp³-hybridized carbons (Fsp3) is 0.478. The van der Waals surface area contributed by atoms with Crippen molar-refractivity contribution in [2.45, 2.75) is 32.7 Å². The summed E-state index contributed by atoms with van der Waals surface area (Å²) < 4.78 is 22.9.